The van der Waals surface area contributed by atoms with Crippen LogP contribution in [0.1, 0.15) is 11.6 Å². The predicted molar refractivity (Wildman–Crippen MR) is 101 cm³/mol. The fourth-order valence-electron chi connectivity index (χ4n) is 2.82. The van der Waals surface area contributed by atoms with Crippen molar-refractivity contribution >= 4 is 22.6 Å². The predicted octanol–water partition coefficient (Wildman–Crippen LogP) is 4.81. The van der Waals surface area contributed by atoms with E-state index < -0.39 is 0 Å². The maximum atomic E-state index is 6.21. The summed E-state index contributed by atoms with van der Waals surface area (Å²) in [4.78, 5) is 7.91. The first-order valence-electron chi connectivity index (χ1n) is 8.27. The molecule has 4 aromatic rings. The molecule has 2 aromatic heterocycles. The van der Waals surface area contributed by atoms with Gasteiger partial charge in [-0.15, -0.1) is 0 Å². The van der Waals surface area contributed by atoms with Gasteiger partial charge < -0.3 is 14.7 Å². The minimum absolute atomic E-state index is 0.671. The largest absolute Gasteiger partial charge is 0.460 e. The molecule has 126 valence electrons. The van der Waals surface area contributed by atoms with E-state index >= 15 is 0 Å². The Labute approximate surface area is 150 Å². The number of imidazole rings is 1. The zero-order valence-electron chi connectivity index (χ0n) is 13.6. The van der Waals surface area contributed by atoms with Crippen LogP contribution >= 0.6 is 11.6 Å². The number of furan rings is 1. The summed E-state index contributed by atoms with van der Waals surface area (Å²) in [5.41, 5.74) is 3.00. The molecule has 0 radical (unpaired) electrons. The summed E-state index contributed by atoms with van der Waals surface area (Å²) >= 11 is 6.21. The van der Waals surface area contributed by atoms with Crippen LogP contribution in [-0.4, -0.2) is 16.5 Å². The van der Waals surface area contributed by atoms with Crippen LogP contribution in [0.3, 0.4) is 0 Å². The number of hydrogen-bond acceptors (Lipinski definition) is 3. The van der Waals surface area contributed by atoms with Crippen LogP contribution in [0.5, 0.6) is 0 Å². The number of aromatic amines is 1. The molecule has 0 bridgehead atoms. The molecule has 0 amide bonds. The number of rotatable bonds is 6. The Morgan fingerprint density at radius 2 is 1.84 bits per heavy atom. The maximum Gasteiger partial charge on any atom is 0.135 e. The van der Waals surface area contributed by atoms with Crippen LogP contribution in [0.15, 0.2) is 65.1 Å². The number of H-pyrrole nitrogens is 1. The smallest absolute Gasteiger partial charge is 0.135 e. The highest BCUT2D eigenvalue weighted by molar-refractivity contribution is 6.33. The van der Waals surface area contributed by atoms with Crippen molar-refractivity contribution in [1.82, 2.24) is 15.3 Å². The highest BCUT2D eigenvalue weighted by atomic mass is 35.5. The van der Waals surface area contributed by atoms with E-state index in [-0.39, 0.29) is 0 Å². The van der Waals surface area contributed by atoms with Gasteiger partial charge in [-0.3, -0.25) is 0 Å². The molecule has 0 aliphatic rings. The highest BCUT2D eigenvalue weighted by Gasteiger charge is 2.08. The van der Waals surface area contributed by atoms with Gasteiger partial charge in [0.05, 0.1) is 22.6 Å². The van der Waals surface area contributed by atoms with Gasteiger partial charge in [0.1, 0.15) is 17.3 Å². The Morgan fingerprint density at radius 1 is 1.00 bits per heavy atom. The fraction of sp³-hybridized carbons (Fsp3) is 0.150. The molecule has 25 heavy (non-hydrogen) atoms. The van der Waals surface area contributed by atoms with Gasteiger partial charge in [0, 0.05) is 18.5 Å². The normalized spacial score (nSPS) is 11.2. The lowest BCUT2D eigenvalue weighted by Crippen LogP contribution is -2.16. The van der Waals surface area contributed by atoms with Gasteiger partial charge in [-0.25, -0.2) is 4.98 Å². The lowest BCUT2D eigenvalue weighted by atomic mass is 10.2. The van der Waals surface area contributed by atoms with Crippen molar-refractivity contribution in [2.75, 3.05) is 6.54 Å². The SMILES string of the molecule is Clc1ccccc1-c1ccc(CNCCc2nc3ccccc3[nH]2)o1. The van der Waals surface area contributed by atoms with E-state index in [4.69, 9.17) is 16.0 Å². The molecule has 2 aromatic carbocycles. The van der Waals surface area contributed by atoms with Gasteiger partial charge in [0.25, 0.3) is 0 Å². The third-order valence-corrected chi connectivity index (χ3v) is 4.41. The number of halogens is 1. The van der Waals surface area contributed by atoms with E-state index in [0.717, 1.165) is 46.9 Å². The Morgan fingerprint density at radius 3 is 2.72 bits per heavy atom. The van der Waals surface area contributed by atoms with Crippen LogP contribution < -0.4 is 5.32 Å². The van der Waals surface area contributed by atoms with Crippen molar-refractivity contribution in [3.63, 3.8) is 0 Å². The van der Waals surface area contributed by atoms with Gasteiger partial charge >= 0.3 is 0 Å². The molecule has 0 aliphatic carbocycles. The van der Waals surface area contributed by atoms with Crippen molar-refractivity contribution in [2.45, 2.75) is 13.0 Å². The van der Waals surface area contributed by atoms with Crippen LogP contribution in [0.2, 0.25) is 5.02 Å². The Balaban J connectivity index is 1.32. The highest BCUT2D eigenvalue weighted by Crippen LogP contribution is 2.28. The molecule has 0 aliphatic heterocycles. The summed E-state index contributed by atoms with van der Waals surface area (Å²) in [6.45, 7) is 1.49. The van der Waals surface area contributed by atoms with E-state index in [1.165, 1.54) is 0 Å². The zero-order valence-corrected chi connectivity index (χ0v) is 14.4. The van der Waals surface area contributed by atoms with E-state index in [9.17, 15) is 0 Å². The topological polar surface area (TPSA) is 53.9 Å². The summed E-state index contributed by atoms with van der Waals surface area (Å²) in [7, 11) is 0. The van der Waals surface area contributed by atoms with Gasteiger partial charge in [0.2, 0.25) is 0 Å². The molecule has 5 heteroatoms. The van der Waals surface area contributed by atoms with Crippen LogP contribution in [0.4, 0.5) is 0 Å². The summed E-state index contributed by atoms with van der Waals surface area (Å²) in [5.74, 6) is 2.67. The number of para-hydroxylation sites is 2. The number of benzene rings is 2. The van der Waals surface area contributed by atoms with Crippen LogP contribution in [0.25, 0.3) is 22.4 Å². The third-order valence-electron chi connectivity index (χ3n) is 4.08. The van der Waals surface area contributed by atoms with E-state index in [2.05, 4.69) is 15.3 Å². The minimum Gasteiger partial charge on any atom is -0.460 e. The molecule has 2 N–H and O–H groups in total. The van der Waals surface area contributed by atoms with Crippen molar-refractivity contribution < 1.29 is 4.42 Å². The number of fused-ring (bicyclic) bond motifs is 1. The average molecular weight is 352 g/mol. The van der Waals surface area contributed by atoms with Crippen molar-refractivity contribution in [3.8, 4) is 11.3 Å². The zero-order chi connectivity index (χ0) is 17.1. The van der Waals surface area contributed by atoms with E-state index in [0.29, 0.717) is 11.6 Å². The minimum atomic E-state index is 0.671. The summed E-state index contributed by atoms with van der Waals surface area (Å²) in [6.07, 6.45) is 0.840. The van der Waals surface area contributed by atoms with Gasteiger partial charge in [-0.1, -0.05) is 35.9 Å². The van der Waals surface area contributed by atoms with E-state index in [1.807, 2.05) is 60.7 Å². The van der Waals surface area contributed by atoms with Crippen LogP contribution in [0, 0.1) is 0 Å². The lowest BCUT2D eigenvalue weighted by molar-refractivity contribution is 0.494. The van der Waals surface area contributed by atoms with Gasteiger partial charge in [0.15, 0.2) is 0 Å². The Kier molecular flexibility index (Phi) is 4.55. The van der Waals surface area contributed by atoms with Crippen molar-refractivity contribution in [3.05, 3.63) is 77.3 Å². The molecule has 4 nitrogen and oxygen atoms in total. The average Bonchev–Trinajstić information content (AvgIpc) is 3.25. The van der Waals surface area contributed by atoms with Crippen LogP contribution in [-0.2, 0) is 13.0 Å². The third kappa shape index (κ3) is 3.60. The summed E-state index contributed by atoms with van der Waals surface area (Å²) < 4.78 is 5.88. The molecule has 0 saturated heterocycles. The fourth-order valence-corrected chi connectivity index (χ4v) is 3.05. The quantitative estimate of drug-likeness (QED) is 0.490. The summed E-state index contributed by atoms with van der Waals surface area (Å²) in [6, 6.07) is 19.7. The Bertz CT molecular complexity index is 956. The molecular formula is C20H18ClN3O. The summed E-state index contributed by atoms with van der Waals surface area (Å²) in [5, 5.41) is 4.08. The Hall–Kier alpha value is -2.56. The van der Waals surface area contributed by atoms with Gasteiger partial charge in [-0.05, 0) is 36.4 Å². The molecule has 0 spiro atoms. The number of hydrogen-bond donors (Lipinski definition) is 2. The monoisotopic (exact) mass is 351 g/mol. The van der Waals surface area contributed by atoms with Crippen molar-refractivity contribution in [1.29, 1.82) is 0 Å². The van der Waals surface area contributed by atoms with E-state index in [1.54, 1.807) is 0 Å². The number of aromatic nitrogens is 2. The second-order valence-electron chi connectivity index (χ2n) is 5.87. The number of nitrogens with one attached hydrogen (secondary N) is 2. The second-order valence-corrected chi connectivity index (χ2v) is 6.28. The molecule has 0 saturated carbocycles. The standard InChI is InChI=1S/C20H18ClN3O/c21-16-6-2-1-5-15(16)19-10-9-14(25-19)13-22-12-11-20-23-17-7-3-4-8-18(17)24-20/h1-10,22H,11-13H2,(H,23,24). The number of nitrogens with zero attached hydrogens (tertiary/aromatic N) is 1. The van der Waals surface area contributed by atoms with Gasteiger partial charge in [-0.2, -0.15) is 0 Å². The molecular weight excluding hydrogens is 334 g/mol. The second kappa shape index (κ2) is 7.13. The first-order chi connectivity index (χ1) is 12.3. The lowest BCUT2D eigenvalue weighted by Gasteiger charge is -2.02. The first kappa shape index (κ1) is 15.9. The molecule has 0 atom stereocenters. The molecule has 0 unspecified atom stereocenters. The van der Waals surface area contributed by atoms with Crippen molar-refractivity contribution in [2.24, 2.45) is 0 Å². The first-order valence-corrected chi connectivity index (χ1v) is 8.65. The molecule has 4 rings (SSSR count). The molecule has 0 fully saturated rings. The molecule has 2 heterocycles. The maximum absolute atomic E-state index is 6.21.